The monoisotopic (exact) mass is 222 g/mol. The molecule has 2 heterocycles. The quantitative estimate of drug-likeness (QED) is 0.752. The second-order valence-electron chi connectivity index (χ2n) is 4.26. The first-order chi connectivity index (χ1) is 7.69. The van der Waals surface area contributed by atoms with Gasteiger partial charge in [-0.1, -0.05) is 6.92 Å². The topological polar surface area (TPSA) is 75.0 Å². The summed E-state index contributed by atoms with van der Waals surface area (Å²) in [6.07, 6.45) is 2.88. The Morgan fingerprint density at radius 1 is 1.69 bits per heavy atom. The van der Waals surface area contributed by atoms with Gasteiger partial charge in [-0.3, -0.25) is 9.78 Å². The lowest BCUT2D eigenvalue weighted by Gasteiger charge is -2.31. The summed E-state index contributed by atoms with van der Waals surface area (Å²) < 4.78 is 0. The van der Waals surface area contributed by atoms with E-state index < -0.39 is 0 Å². The van der Waals surface area contributed by atoms with Gasteiger partial charge in [0.15, 0.2) is 0 Å². The smallest absolute Gasteiger partial charge is 0.252 e. The molecule has 88 valence electrons. The zero-order chi connectivity index (χ0) is 11.5. The van der Waals surface area contributed by atoms with Gasteiger partial charge in [0.25, 0.3) is 5.56 Å². The molecule has 1 aromatic heterocycles. The van der Waals surface area contributed by atoms with Crippen LogP contribution in [0.2, 0.25) is 0 Å². The first-order valence-corrected chi connectivity index (χ1v) is 5.80. The number of aromatic nitrogens is 2. The molecule has 1 atom stereocenters. The summed E-state index contributed by atoms with van der Waals surface area (Å²) >= 11 is 0. The normalized spacial score (nSPS) is 21.1. The van der Waals surface area contributed by atoms with Crippen LogP contribution in [0, 0.1) is 0 Å². The van der Waals surface area contributed by atoms with Crippen LogP contribution in [-0.4, -0.2) is 29.1 Å². The van der Waals surface area contributed by atoms with Crippen molar-refractivity contribution in [2.45, 2.75) is 32.2 Å². The molecule has 16 heavy (non-hydrogen) atoms. The third kappa shape index (κ3) is 2.41. The lowest BCUT2D eigenvalue weighted by molar-refractivity contribution is 0.499. The van der Waals surface area contributed by atoms with Gasteiger partial charge in [0.2, 0.25) is 5.95 Å². The summed E-state index contributed by atoms with van der Waals surface area (Å²) in [6, 6.07) is 1.73. The van der Waals surface area contributed by atoms with Gasteiger partial charge in [-0.2, -0.15) is 0 Å². The predicted molar refractivity (Wildman–Crippen MR) is 63.7 cm³/mol. The Labute approximate surface area is 94.7 Å². The van der Waals surface area contributed by atoms with Crippen molar-refractivity contribution in [1.29, 1.82) is 0 Å². The van der Waals surface area contributed by atoms with E-state index in [0.717, 1.165) is 38.0 Å². The Kier molecular flexibility index (Phi) is 3.24. The first-order valence-electron chi connectivity index (χ1n) is 5.80. The van der Waals surface area contributed by atoms with Crippen molar-refractivity contribution in [3.05, 3.63) is 22.1 Å². The van der Waals surface area contributed by atoms with E-state index in [9.17, 15) is 4.79 Å². The number of nitrogens with zero attached hydrogens (tertiary/aromatic N) is 2. The summed E-state index contributed by atoms with van der Waals surface area (Å²) in [5.41, 5.74) is 6.66. The van der Waals surface area contributed by atoms with E-state index in [1.807, 2.05) is 6.92 Å². The molecule has 5 heteroatoms. The maximum Gasteiger partial charge on any atom is 0.252 e. The molecule has 0 aliphatic carbocycles. The molecule has 1 saturated heterocycles. The first kappa shape index (κ1) is 11.1. The second-order valence-corrected chi connectivity index (χ2v) is 4.26. The number of nitrogens with one attached hydrogen (secondary N) is 1. The van der Waals surface area contributed by atoms with Gasteiger partial charge < -0.3 is 10.6 Å². The molecule has 0 radical (unpaired) electrons. The predicted octanol–water partition coefficient (Wildman–Crippen LogP) is 0.260. The second kappa shape index (κ2) is 4.65. The number of hydrogen-bond acceptors (Lipinski definition) is 4. The fourth-order valence-corrected chi connectivity index (χ4v) is 2.03. The number of aromatic amines is 1. The molecule has 0 aromatic carbocycles. The van der Waals surface area contributed by atoms with Gasteiger partial charge in [-0.25, -0.2) is 4.98 Å². The Morgan fingerprint density at radius 3 is 3.19 bits per heavy atom. The maximum absolute atomic E-state index is 11.4. The molecule has 5 nitrogen and oxygen atoms in total. The van der Waals surface area contributed by atoms with Crippen LogP contribution in [0.25, 0.3) is 0 Å². The van der Waals surface area contributed by atoms with Gasteiger partial charge in [-0.05, 0) is 19.3 Å². The number of nitrogens with two attached hydrogens (primary N) is 1. The molecule has 1 aliphatic heterocycles. The van der Waals surface area contributed by atoms with Gasteiger partial charge in [0.1, 0.15) is 0 Å². The van der Waals surface area contributed by atoms with E-state index in [0.29, 0.717) is 5.95 Å². The number of aryl methyl sites for hydroxylation is 1. The molecule has 0 saturated carbocycles. The highest BCUT2D eigenvalue weighted by Crippen LogP contribution is 2.14. The lowest BCUT2D eigenvalue weighted by atomic mass is 10.1. The molecule has 3 N–H and O–H groups in total. The molecule has 1 fully saturated rings. The minimum atomic E-state index is -0.0824. The fourth-order valence-electron chi connectivity index (χ4n) is 2.03. The van der Waals surface area contributed by atoms with Crippen LogP contribution in [-0.2, 0) is 6.42 Å². The molecule has 1 aromatic rings. The highest BCUT2D eigenvalue weighted by molar-refractivity contribution is 5.31. The molecule has 1 aliphatic rings. The van der Waals surface area contributed by atoms with Gasteiger partial charge in [-0.15, -0.1) is 0 Å². The van der Waals surface area contributed by atoms with E-state index in [4.69, 9.17) is 5.73 Å². The van der Waals surface area contributed by atoms with E-state index in [2.05, 4.69) is 14.9 Å². The Balaban J connectivity index is 2.25. The molecule has 0 bridgehead atoms. The molecule has 2 rings (SSSR count). The molecular formula is C11H18N4O. The summed E-state index contributed by atoms with van der Waals surface area (Å²) in [5.74, 6) is 0.666. The Morgan fingerprint density at radius 2 is 2.50 bits per heavy atom. The van der Waals surface area contributed by atoms with Crippen LogP contribution in [0.4, 0.5) is 5.95 Å². The Bertz CT molecular complexity index is 415. The number of rotatable bonds is 2. The zero-order valence-corrected chi connectivity index (χ0v) is 9.57. The van der Waals surface area contributed by atoms with E-state index in [-0.39, 0.29) is 11.6 Å². The highest BCUT2D eigenvalue weighted by Gasteiger charge is 2.18. The number of H-pyrrole nitrogens is 1. The van der Waals surface area contributed by atoms with Crippen LogP contribution in [0.15, 0.2) is 10.9 Å². The molecular weight excluding hydrogens is 204 g/mol. The highest BCUT2D eigenvalue weighted by atomic mass is 16.1. The van der Waals surface area contributed by atoms with Gasteiger partial charge >= 0.3 is 0 Å². The third-order valence-electron chi connectivity index (χ3n) is 2.90. The van der Waals surface area contributed by atoms with Crippen molar-refractivity contribution in [3.63, 3.8) is 0 Å². The van der Waals surface area contributed by atoms with Crippen LogP contribution in [0.1, 0.15) is 25.5 Å². The fraction of sp³-hybridized carbons (Fsp3) is 0.636. The van der Waals surface area contributed by atoms with Crippen molar-refractivity contribution in [2.24, 2.45) is 5.73 Å². The van der Waals surface area contributed by atoms with Crippen LogP contribution >= 0.6 is 0 Å². The summed E-state index contributed by atoms with van der Waals surface area (Å²) in [7, 11) is 0. The zero-order valence-electron chi connectivity index (χ0n) is 9.57. The van der Waals surface area contributed by atoms with E-state index >= 15 is 0 Å². The minimum absolute atomic E-state index is 0.0824. The van der Waals surface area contributed by atoms with E-state index in [1.54, 1.807) is 6.07 Å². The largest absolute Gasteiger partial charge is 0.341 e. The summed E-state index contributed by atoms with van der Waals surface area (Å²) in [4.78, 5) is 20.7. The average Bonchev–Trinajstić information content (AvgIpc) is 2.28. The molecule has 0 unspecified atom stereocenters. The molecule has 0 spiro atoms. The maximum atomic E-state index is 11.4. The van der Waals surface area contributed by atoms with Crippen LogP contribution in [0.3, 0.4) is 0 Å². The van der Waals surface area contributed by atoms with E-state index in [1.165, 1.54) is 0 Å². The van der Waals surface area contributed by atoms with Crippen molar-refractivity contribution in [1.82, 2.24) is 9.97 Å². The van der Waals surface area contributed by atoms with Crippen molar-refractivity contribution < 1.29 is 0 Å². The Hall–Kier alpha value is -1.36. The average molecular weight is 222 g/mol. The van der Waals surface area contributed by atoms with Gasteiger partial charge in [0.05, 0.1) is 0 Å². The number of hydrogen-bond donors (Lipinski definition) is 2. The van der Waals surface area contributed by atoms with Crippen molar-refractivity contribution >= 4 is 5.95 Å². The molecule has 0 amide bonds. The number of anilines is 1. The van der Waals surface area contributed by atoms with Crippen molar-refractivity contribution in [2.75, 3.05) is 18.0 Å². The summed E-state index contributed by atoms with van der Waals surface area (Å²) in [5, 5.41) is 0. The lowest BCUT2D eigenvalue weighted by Crippen LogP contribution is -2.44. The number of piperidine rings is 1. The standard InChI is InChI=1S/C11H18N4O/c1-2-9-6-10(16)14-11(13-9)15-5-3-4-8(12)7-15/h6,8H,2-5,7,12H2,1H3,(H,13,14,16)/t8-/m1/s1. The third-order valence-corrected chi connectivity index (χ3v) is 2.90. The minimum Gasteiger partial charge on any atom is -0.341 e. The van der Waals surface area contributed by atoms with Gasteiger partial charge in [0, 0.05) is 30.9 Å². The SMILES string of the molecule is CCc1cc(=O)[nH]c(N2CCC[C@@H](N)C2)n1. The summed E-state index contributed by atoms with van der Waals surface area (Å²) in [6.45, 7) is 3.69. The van der Waals surface area contributed by atoms with Crippen LogP contribution < -0.4 is 16.2 Å². The van der Waals surface area contributed by atoms with Crippen LogP contribution in [0.5, 0.6) is 0 Å². The van der Waals surface area contributed by atoms with Crippen molar-refractivity contribution in [3.8, 4) is 0 Å².